The second-order valence-corrected chi connectivity index (χ2v) is 5.02. The molecule has 0 saturated heterocycles. The lowest BCUT2D eigenvalue weighted by Gasteiger charge is -2.25. The zero-order chi connectivity index (χ0) is 13.2. The molecule has 0 spiro atoms. The van der Waals surface area contributed by atoms with E-state index in [-0.39, 0.29) is 6.61 Å². The van der Waals surface area contributed by atoms with Crippen LogP contribution in [0.25, 0.3) is 10.9 Å². The van der Waals surface area contributed by atoms with Crippen LogP contribution in [-0.2, 0) is 6.54 Å². The molecule has 1 aliphatic carbocycles. The normalized spacial score (nSPS) is 14.8. The minimum atomic E-state index is 0.148. The number of anilines is 1. The minimum absolute atomic E-state index is 0.148. The summed E-state index contributed by atoms with van der Waals surface area (Å²) in [4.78, 5) is 6.96. The molecule has 3 rings (SSSR count). The Bertz CT molecular complexity index is 581. The molecule has 1 saturated carbocycles. The van der Waals surface area contributed by atoms with Crippen LogP contribution in [0.4, 0.5) is 5.82 Å². The molecule has 0 radical (unpaired) electrons. The van der Waals surface area contributed by atoms with E-state index in [9.17, 15) is 5.11 Å². The molecule has 1 heterocycles. The molecule has 19 heavy (non-hydrogen) atoms. The summed E-state index contributed by atoms with van der Waals surface area (Å²) in [7, 11) is 0. The topological polar surface area (TPSA) is 62.4 Å². The second kappa shape index (κ2) is 5.15. The van der Waals surface area contributed by atoms with Gasteiger partial charge in [0.15, 0.2) is 0 Å². The first-order chi connectivity index (χ1) is 9.33. The van der Waals surface area contributed by atoms with Crippen LogP contribution < -0.4 is 10.6 Å². The Morgan fingerprint density at radius 3 is 2.79 bits per heavy atom. The van der Waals surface area contributed by atoms with Crippen LogP contribution in [0.2, 0.25) is 0 Å². The Hall–Kier alpha value is -1.65. The number of aromatic nitrogens is 1. The summed E-state index contributed by atoms with van der Waals surface area (Å²) < 4.78 is 0. The van der Waals surface area contributed by atoms with Crippen LogP contribution >= 0.6 is 0 Å². The van der Waals surface area contributed by atoms with Crippen LogP contribution in [0.5, 0.6) is 0 Å². The summed E-state index contributed by atoms with van der Waals surface area (Å²) in [5.74, 6) is 0.942. The third kappa shape index (κ3) is 2.41. The van der Waals surface area contributed by atoms with Crippen molar-refractivity contribution in [3.8, 4) is 0 Å². The van der Waals surface area contributed by atoms with Crippen molar-refractivity contribution in [1.29, 1.82) is 0 Å². The Morgan fingerprint density at radius 1 is 1.32 bits per heavy atom. The van der Waals surface area contributed by atoms with E-state index in [0.29, 0.717) is 19.1 Å². The maximum absolute atomic E-state index is 9.25. The van der Waals surface area contributed by atoms with Gasteiger partial charge in [0, 0.05) is 30.1 Å². The number of benzene rings is 1. The average molecular weight is 257 g/mol. The van der Waals surface area contributed by atoms with Gasteiger partial charge in [0.1, 0.15) is 5.82 Å². The largest absolute Gasteiger partial charge is 0.395 e. The first kappa shape index (κ1) is 12.4. The summed E-state index contributed by atoms with van der Waals surface area (Å²) in [5.41, 5.74) is 7.91. The van der Waals surface area contributed by atoms with Crippen molar-refractivity contribution in [2.75, 3.05) is 18.1 Å². The number of fused-ring (bicyclic) bond motifs is 1. The molecular formula is C15H19N3O. The maximum atomic E-state index is 9.25. The van der Waals surface area contributed by atoms with E-state index in [1.54, 1.807) is 0 Å². The van der Waals surface area contributed by atoms with Crippen LogP contribution in [0, 0.1) is 0 Å². The van der Waals surface area contributed by atoms with Gasteiger partial charge in [-0.05, 0) is 25.0 Å². The molecule has 4 nitrogen and oxygen atoms in total. The molecule has 4 heteroatoms. The van der Waals surface area contributed by atoms with E-state index in [4.69, 9.17) is 10.7 Å². The highest BCUT2D eigenvalue weighted by molar-refractivity contribution is 5.82. The molecule has 1 aliphatic rings. The van der Waals surface area contributed by atoms with Gasteiger partial charge in [-0.3, -0.25) is 0 Å². The summed E-state index contributed by atoms with van der Waals surface area (Å²) in [6.45, 7) is 1.25. The molecule has 0 bridgehead atoms. The SMILES string of the molecule is NCc1cc2ccccc2nc1N(CCO)C1CC1. The van der Waals surface area contributed by atoms with Crippen molar-refractivity contribution >= 4 is 16.7 Å². The molecule has 0 aliphatic heterocycles. The first-order valence-electron chi connectivity index (χ1n) is 6.79. The van der Waals surface area contributed by atoms with Crippen LogP contribution in [0.1, 0.15) is 18.4 Å². The van der Waals surface area contributed by atoms with Crippen LogP contribution in [0.3, 0.4) is 0 Å². The zero-order valence-electron chi connectivity index (χ0n) is 10.9. The molecule has 1 aromatic carbocycles. The highest BCUT2D eigenvalue weighted by Gasteiger charge is 2.30. The Labute approximate surface area is 112 Å². The van der Waals surface area contributed by atoms with Crippen LogP contribution in [-0.4, -0.2) is 29.3 Å². The van der Waals surface area contributed by atoms with Crippen molar-refractivity contribution < 1.29 is 5.11 Å². The van der Waals surface area contributed by atoms with E-state index in [1.807, 2.05) is 18.2 Å². The minimum Gasteiger partial charge on any atom is -0.395 e. The fourth-order valence-corrected chi connectivity index (χ4v) is 2.50. The molecule has 3 N–H and O–H groups in total. The number of pyridine rings is 1. The predicted molar refractivity (Wildman–Crippen MR) is 77.1 cm³/mol. The fraction of sp³-hybridized carbons (Fsp3) is 0.400. The first-order valence-corrected chi connectivity index (χ1v) is 6.79. The summed E-state index contributed by atoms with van der Waals surface area (Å²) in [6.07, 6.45) is 2.36. The molecule has 0 atom stereocenters. The number of hydrogen-bond acceptors (Lipinski definition) is 4. The van der Waals surface area contributed by atoms with Gasteiger partial charge in [-0.1, -0.05) is 18.2 Å². The van der Waals surface area contributed by atoms with E-state index < -0.39 is 0 Å². The van der Waals surface area contributed by atoms with E-state index in [1.165, 1.54) is 12.8 Å². The summed E-state index contributed by atoms with van der Waals surface area (Å²) in [5, 5.41) is 10.4. The number of rotatable bonds is 5. The second-order valence-electron chi connectivity index (χ2n) is 5.02. The molecule has 1 aromatic heterocycles. The lowest BCUT2D eigenvalue weighted by atomic mass is 10.1. The third-order valence-electron chi connectivity index (χ3n) is 3.60. The van der Waals surface area contributed by atoms with Crippen molar-refractivity contribution in [2.24, 2.45) is 5.73 Å². The molecule has 100 valence electrons. The van der Waals surface area contributed by atoms with Gasteiger partial charge in [-0.25, -0.2) is 4.98 Å². The van der Waals surface area contributed by atoms with Crippen molar-refractivity contribution in [1.82, 2.24) is 4.98 Å². The summed E-state index contributed by atoms with van der Waals surface area (Å²) in [6, 6.07) is 10.7. The lowest BCUT2D eigenvalue weighted by Crippen LogP contribution is -2.31. The lowest BCUT2D eigenvalue weighted by molar-refractivity contribution is 0.301. The molecule has 2 aromatic rings. The fourth-order valence-electron chi connectivity index (χ4n) is 2.50. The number of aliphatic hydroxyl groups excluding tert-OH is 1. The third-order valence-corrected chi connectivity index (χ3v) is 3.60. The van der Waals surface area contributed by atoms with Crippen molar-refractivity contribution in [2.45, 2.75) is 25.4 Å². The van der Waals surface area contributed by atoms with Crippen molar-refractivity contribution in [3.63, 3.8) is 0 Å². The van der Waals surface area contributed by atoms with Crippen LogP contribution in [0.15, 0.2) is 30.3 Å². The Kier molecular flexibility index (Phi) is 3.36. The predicted octanol–water partition coefficient (Wildman–Crippen LogP) is 1.65. The van der Waals surface area contributed by atoms with E-state index in [0.717, 1.165) is 22.3 Å². The monoisotopic (exact) mass is 257 g/mol. The van der Waals surface area contributed by atoms with Gasteiger partial charge in [-0.2, -0.15) is 0 Å². The van der Waals surface area contributed by atoms with Gasteiger partial charge < -0.3 is 15.7 Å². The number of para-hydroxylation sites is 1. The number of hydrogen-bond donors (Lipinski definition) is 2. The number of aliphatic hydroxyl groups is 1. The highest BCUT2D eigenvalue weighted by Crippen LogP contribution is 2.33. The van der Waals surface area contributed by atoms with Gasteiger partial charge in [-0.15, -0.1) is 0 Å². The molecule has 0 unspecified atom stereocenters. The number of nitrogens with zero attached hydrogens (tertiary/aromatic N) is 2. The Morgan fingerprint density at radius 2 is 2.11 bits per heavy atom. The smallest absolute Gasteiger partial charge is 0.134 e. The quantitative estimate of drug-likeness (QED) is 0.855. The zero-order valence-corrected chi connectivity index (χ0v) is 10.9. The Balaban J connectivity index is 2.08. The standard InChI is InChI=1S/C15H19N3O/c16-10-12-9-11-3-1-2-4-14(11)17-15(12)18(7-8-19)13-5-6-13/h1-4,9,13,19H,5-8,10,16H2. The van der Waals surface area contributed by atoms with Gasteiger partial charge in [0.25, 0.3) is 0 Å². The molecule has 0 amide bonds. The molecule has 1 fully saturated rings. The van der Waals surface area contributed by atoms with Gasteiger partial charge >= 0.3 is 0 Å². The van der Waals surface area contributed by atoms with E-state index >= 15 is 0 Å². The van der Waals surface area contributed by atoms with Gasteiger partial charge in [0.2, 0.25) is 0 Å². The van der Waals surface area contributed by atoms with Gasteiger partial charge in [0.05, 0.1) is 12.1 Å². The average Bonchev–Trinajstić information content (AvgIpc) is 3.28. The van der Waals surface area contributed by atoms with E-state index in [2.05, 4.69) is 17.0 Å². The maximum Gasteiger partial charge on any atom is 0.134 e. The number of nitrogens with two attached hydrogens (primary N) is 1. The highest BCUT2D eigenvalue weighted by atomic mass is 16.3. The summed E-state index contributed by atoms with van der Waals surface area (Å²) >= 11 is 0. The molecular weight excluding hydrogens is 238 g/mol. The van der Waals surface area contributed by atoms with Crippen molar-refractivity contribution in [3.05, 3.63) is 35.9 Å².